The maximum atomic E-state index is 13.4. The minimum absolute atomic E-state index is 0.138. The average Bonchev–Trinajstić information content (AvgIpc) is 3.09. The number of ether oxygens (including phenoxy) is 1. The van der Waals surface area contributed by atoms with Crippen LogP contribution in [0.1, 0.15) is 10.4 Å². The minimum Gasteiger partial charge on any atom is -0.496 e. The number of nitrogens with zero attached hydrogens (tertiary/aromatic N) is 1. The lowest BCUT2D eigenvalue weighted by Crippen LogP contribution is -2.13. The van der Waals surface area contributed by atoms with Gasteiger partial charge in [0.05, 0.1) is 18.4 Å². The Morgan fingerprint density at radius 2 is 2.09 bits per heavy atom. The van der Waals surface area contributed by atoms with E-state index in [1.807, 2.05) is 18.2 Å². The van der Waals surface area contributed by atoms with Gasteiger partial charge in [-0.3, -0.25) is 9.89 Å². The molecular formula is C17H14FN3O2. The quantitative estimate of drug-likeness (QED) is 0.775. The fourth-order valence-corrected chi connectivity index (χ4v) is 2.24. The van der Waals surface area contributed by atoms with Crippen molar-refractivity contribution in [1.82, 2.24) is 10.2 Å². The predicted molar refractivity (Wildman–Crippen MR) is 84.9 cm³/mol. The van der Waals surface area contributed by atoms with Crippen molar-refractivity contribution in [3.8, 4) is 17.0 Å². The second-order valence-corrected chi connectivity index (χ2v) is 4.85. The molecule has 3 rings (SSSR count). The van der Waals surface area contributed by atoms with E-state index < -0.39 is 11.7 Å². The molecule has 0 fully saturated rings. The highest BCUT2D eigenvalue weighted by atomic mass is 19.1. The lowest BCUT2D eigenvalue weighted by atomic mass is 10.1. The molecule has 1 aromatic heterocycles. The van der Waals surface area contributed by atoms with Crippen LogP contribution in [0, 0.1) is 5.82 Å². The van der Waals surface area contributed by atoms with Crippen LogP contribution in [-0.4, -0.2) is 23.2 Å². The van der Waals surface area contributed by atoms with E-state index in [0.717, 1.165) is 17.3 Å². The zero-order valence-electron chi connectivity index (χ0n) is 12.3. The Morgan fingerprint density at radius 1 is 1.22 bits per heavy atom. The highest BCUT2D eigenvalue weighted by Crippen LogP contribution is 2.23. The summed E-state index contributed by atoms with van der Waals surface area (Å²) in [6.07, 6.45) is 1.65. The summed E-state index contributed by atoms with van der Waals surface area (Å²) in [6, 6.07) is 12.9. The number of hydrogen-bond donors (Lipinski definition) is 2. The second-order valence-electron chi connectivity index (χ2n) is 4.85. The third kappa shape index (κ3) is 3.21. The van der Waals surface area contributed by atoms with Crippen molar-refractivity contribution in [3.63, 3.8) is 0 Å². The van der Waals surface area contributed by atoms with Crippen LogP contribution in [0.4, 0.5) is 10.1 Å². The van der Waals surface area contributed by atoms with E-state index in [1.54, 1.807) is 18.3 Å². The standard InChI is InChI=1S/C17H14FN3O2/c1-23-16-6-5-12(18)10-14(16)17(22)20-13-4-2-3-11(9-13)15-7-8-19-21-15/h2-10H,1H3,(H,19,21)(H,20,22). The van der Waals surface area contributed by atoms with E-state index in [9.17, 15) is 9.18 Å². The first-order valence-corrected chi connectivity index (χ1v) is 6.92. The van der Waals surface area contributed by atoms with Gasteiger partial charge in [-0.1, -0.05) is 12.1 Å². The van der Waals surface area contributed by atoms with Crippen molar-refractivity contribution in [2.75, 3.05) is 12.4 Å². The zero-order chi connectivity index (χ0) is 16.2. The Balaban J connectivity index is 1.86. The number of hydrogen-bond acceptors (Lipinski definition) is 3. The van der Waals surface area contributed by atoms with Gasteiger partial charge in [-0.2, -0.15) is 5.10 Å². The molecular weight excluding hydrogens is 297 g/mol. The third-order valence-electron chi connectivity index (χ3n) is 3.34. The van der Waals surface area contributed by atoms with E-state index in [-0.39, 0.29) is 5.56 Å². The first-order chi connectivity index (χ1) is 11.2. The Labute approximate surface area is 132 Å². The van der Waals surface area contributed by atoms with E-state index in [2.05, 4.69) is 15.5 Å². The van der Waals surface area contributed by atoms with Crippen LogP contribution in [-0.2, 0) is 0 Å². The summed E-state index contributed by atoms with van der Waals surface area (Å²) >= 11 is 0. The molecule has 3 aromatic rings. The van der Waals surface area contributed by atoms with Gasteiger partial charge in [0.2, 0.25) is 0 Å². The Kier molecular flexibility index (Phi) is 4.05. The van der Waals surface area contributed by atoms with Gasteiger partial charge in [0, 0.05) is 17.4 Å². The maximum absolute atomic E-state index is 13.4. The molecule has 0 radical (unpaired) electrons. The summed E-state index contributed by atoms with van der Waals surface area (Å²) in [5, 5.41) is 9.50. The number of carbonyl (C=O) groups excluding carboxylic acids is 1. The van der Waals surface area contributed by atoms with E-state index in [4.69, 9.17) is 4.74 Å². The second kappa shape index (κ2) is 6.31. The third-order valence-corrected chi connectivity index (χ3v) is 3.34. The SMILES string of the molecule is COc1ccc(F)cc1C(=O)Nc1cccc(-c2ccn[nH]2)c1. The van der Waals surface area contributed by atoms with Crippen LogP contribution >= 0.6 is 0 Å². The molecule has 6 heteroatoms. The minimum atomic E-state index is -0.498. The number of aromatic nitrogens is 2. The summed E-state index contributed by atoms with van der Waals surface area (Å²) in [5.41, 5.74) is 2.45. The van der Waals surface area contributed by atoms with Gasteiger partial charge >= 0.3 is 0 Å². The first-order valence-electron chi connectivity index (χ1n) is 6.92. The number of carbonyl (C=O) groups is 1. The summed E-state index contributed by atoms with van der Waals surface area (Å²) < 4.78 is 18.5. The molecule has 23 heavy (non-hydrogen) atoms. The molecule has 116 valence electrons. The van der Waals surface area contributed by atoms with E-state index in [1.165, 1.54) is 19.2 Å². The van der Waals surface area contributed by atoms with E-state index >= 15 is 0 Å². The van der Waals surface area contributed by atoms with Gasteiger partial charge in [-0.05, 0) is 36.4 Å². The van der Waals surface area contributed by atoms with Crippen molar-refractivity contribution < 1.29 is 13.9 Å². The average molecular weight is 311 g/mol. The molecule has 1 amide bonds. The smallest absolute Gasteiger partial charge is 0.259 e. The first kappa shape index (κ1) is 14.8. The molecule has 0 aliphatic heterocycles. The molecule has 0 bridgehead atoms. The van der Waals surface area contributed by atoms with Gasteiger partial charge in [0.1, 0.15) is 11.6 Å². The molecule has 0 spiro atoms. The monoisotopic (exact) mass is 311 g/mol. The highest BCUT2D eigenvalue weighted by molar-refractivity contribution is 6.06. The Morgan fingerprint density at radius 3 is 2.83 bits per heavy atom. The number of H-pyrrole nitrogens is 1. The number of nitrogens with one attached hydrogen (secondary N) is 2. The summed E-state index contributed by atoms with van der Waals surface area (Å²) in [6.45, 7) is 0. The van der Waals surface area contributed by atoms with Crippen LogP contribution in [0.2, 0.25) is 0 Å². The van der Waals surface area contributed by atoms with Gasteiger partial charge in [-0.15, -0.1) is 0 Å². The van der Waals surface area contributed by atoms with Crippen LogP contribution in [0.25, 0.3) is 11.3 Å². The van der Waals surface area contributed by atoms with Gasteiger partial charge in [0.25, 0.3) is 5.91 Å². The number of methoxy groups -OCH3 is 1. The molecule has 1 heterocycles. The number of rotatable bonds is 4. The molecule has 0 atom stereocenters. The van der Waals surface area contributed by atoms with Crippen molar-refractivity contribution in [3.05, 3.63) is 66.1 Å². The lowest BCUT2D eigenvalue weighted by molar-refractivity contribution is 0.102. The molecule has 0 saturated heterocycles. The van der Waals surface area contributed by atoms with Gasteiger partial charge < -0.3 is 10.1 Å². The molecule has 0 aliphatic carbocycles. The molecule has 0 unspecified atom stereocenters. The van der Waals surface area contributed by atoms with Gasteiger partial charge in [0.15, 0.2) is 0 Å². The number of benzene rings is 2. The van der Waals surface area contributed by atoms with Crippen molar-refractivity contribution in [2.45, 2.75) is 0 Å². The van der Waals surface area contributed by atoms with Gasteiger partial charge in [-0.25, -0.2) is 4.39 Å². The molecule has 0 saturated carbocycles. The van der Waals surface area contributed by atoms with Crippen LogP contribution < -0.4 is 10.1 Å². The van der Waals surface area contributed by atoms with Crippen molar-refractivity contribution >= 4 is 11.6 Å². The number of halogens is 1. The van der Waals surface area contributed by atoms with Crippen LogP contribution in [0.3, 0.4) is 0 Å². The fourth-order valence-electron chi connectivity index (χ4n) is 2.24. The number of anilines is 1. The zero-order valence-corrected chi connectivity index (χ0v) is 12.3. The fraction of sp³-hybridized carbons (Fsp3) is 0.0588. The molecule has 5 nitrogen and oxygen atoms in total. The molecule has 2 aromatic carbocycles. The molecule has 0 aliphatic rings. The summed E-state index contributed by atoms with van der Waals surface area (Å²) in [7, 11) is 1.43. The number of amides is 1. The summed E-state index contributed by atoms with van der Waals surface area (Å²) in [4.78, 5) is 12.4. The maximum Gasteiger partial charge on any atom is 0.259 e. The van der Waals surface area contributed by atoms with Crippen molar-refractivity contribution in [1.29, 1.82) is 0 Å². The molecule has 2 N–H and O–H groups in total. The number of aromatic amines is 1. The Bertz CT molecular complexity index is 832. The Hall–Kier alpha value is -3.15. The van der Waals surface area contributed by atoms with Crippen LogP contribution in [0.5, 0.6) is 5.75 Å². The lowest BCUT2D eigenvalue weighted by Gasteiger charge is -2.10. The normalized spacial score (nSPS) is 10.3. The predicted octanol–water partition coefficient (Wildman–Crippen LogP) is 3.48. The highest BCUT2D eigenvalue weighted by Gasteiger charge is 2.14. The summed E-state index contributed by atoms with van der Waals surface area (Å²) in [5.74, 6) is -0.626. The largest absolute Gasteiger partial charge is 0.496 e. The topological polar surface area (TPSA) is 67.0 Å². The van der Waals surface area contributed by atoms with Crippen LogP contribution in [0.15, 0.2) is 54.7 Å². The van der Waals surface area contributed by atoms with Crippen molar-refractivity contribution in [2.24, 2.45) is 0 Å². The van der Waals surface area contributed by atoms with E-state index in [0.29, 0.717) is 11.4 Å².